The number of hydrogen-bond donors (Lipinski definition) is 1. The summed E-state index contributed by atoms with van der Waals surface area (Å²) in [7, 11) is 0. The number of aliphatic hydroxyl groups is 1. The molecule has 1 N–H and O–H groups in total. The van der Waals surface area contributed by atoms with Crippen molar-refractivity contribution in [3.63, 3.8) is 0 Å². The molecule has 2 atom stereocenters. The highest BCUT2D eigenvalue weighted by atomic mass is 16.5. The maximum absolute atomic E-state index is 12.1. The Morgan fingerprint density at radius 1 is 1.33 bits per heavy atom. The zero-order valence-corrected chi connectivity index (χ0v) is 13.0. The summed E-state index contributed by atoms with van der Waals surface area (Å²) in [6.07, 6.45) is 3.67. The van der Waals surface area contributed by atoms with Gasteiger partial charge in [0.1, 0.15) is 6.10 Å². The monoisotopic (exact) mass is 288 g/mol. The number of esters is 1. The summed E-state index contributed by atoms with van der Waals surface area (Å²) in [4.78, 5) is 12.1. The normalized spacial score (nSPS) is 22.6. The van der Waals surface area contributed by atoms with Crippen molar-refractivity contribution >= 4 is 5.97 Å². The first-order chi connectivity index (χ1) is 9.86. The van der Waals surface area contributed by atoms with Crippen molar-refractivity contribution in [3.8, 4) is 0 Å². The second-order valence-electron chi connectivity index (χ2n) is 6.41. The van der Waals surface area contributed by atoms with Gasteiger partial charge in [0, 0.05) is 0 Å². The maximum Gasteiger partial charge on any atom is 0.310 e. The number of rotatable bonds is 4. The lowest BCUT2D eigenvalue weighted by atomic mass is 9.78. The third-order valence-electron chi connectivity index (χ3n) is 4.19. The third kappa shape index (κ3) is 4.43. The molecule has 21 heavy (non-hydrogen) atoms. The predicted molar refractivity (Wildman–Crippen MR) is 82.8 cm³/mol. The van der Waals surface area contributed by atoms with Crippen LogP contribution < -0.4 is 0 Å². The fourth-order valence-electron chi connectivity index (χ4n) is 2.68. The molecule has 0 aliphatic heterocycles. The third-order valence-corrected chi connectivity index (χ3v) is 4.19. The zero-order valence-electron chi connectivity index (χ0n) is 13.0. The molecule has 3 heteroatoms. The van der Waals surface area contributed by atoms with E-state index >= 15 is 0 Å². The molecule has 1 aliphatic carbocycles. The van der Waals surface area contributed by atoms with Gasteiger partial charge in [-0.15, -0.1) is 0 Å². The van der Waals surface area contributed by atoms with Gasteiger partial charge in [-0.1, -0.05) is 36.4 Å². The predicted octanol–water partition coefficient (Wildman–Crippen LogP) is 3.27. The molecule has 0 saturated heterocycles. The van der Waals surface area contributed by atoms with Gasteiger partial charge < -0.3 is 9.84 Å². The fraction of sp³-hybridized carbons (Fsp3) is 0.500. The second-order valence-corrected chi connectivity index (χ2v) is 6.41. The largest absolute Gasteiger partial charge is 0.458 e. The van der Waals surface area contributed by atoms with E-state index in [0.29, 0.717) is 6.42 Å². The van der Waals surface area contributed by atoms with Gasteiger partial charge in [-0.05, 0) is 50.7 Å². The van der Waals surface area contributed by atoms with E-state index in [2.05, 4.69) is 6.08 Å². The Bertz CT molecular complexity index is 511. The van der Waals surface area contributed by atoms with Gasteiger partial charge in [0.2, 0.25) is 0 Å². The van der Waals surface area contributed by atoms with E-state index in [-0.39, 0.29) is 24.4 Å². The molecule has 2 rings (SSSR count). The lowest BCUT2D eigenvalue weighted by Crippen LogP contribution is -2.37. The molecule has 1 aromatic carbocycles. The summed E-state index contributed by atoms with van der Waals surface area (Å²) in [6.45, 7) is 5.62. The summed E-state index contributed by atoms with van der Waals surface area (Å²) in [5.74, 6) is -0.0916. The van der Waals surface area contributed by atoms with Crippen LogP contribution in [0.5, 0.6) is 0 Å². The molecule has 0 amide bonds. The lowest BCUT2D eigenvalue weighted by Gasteiger charge is -2.35. The van der Waals surface area contributed by atoms with Crippen LogP contribution in [-0.4, -0.2) is 22.8 Å². The Hall–Kier alpha value is -1.61. The highest BCUT2D eigenvalue weighted by Crippen LogP contribution is 2.33. The molecular formula is C18H24O3. The van der Waals surface area contributed by atoms with E-state index in [1.807, 2.05) is 51.1 Å². The van der Waals surface area contributed by atoms with Crippen molar-refractivity contribution in [2.45, 2.75) is 51.7 Å². The quantitative estimate of drug-likeness (QED) is 0.683. The van der Waals surface area contributed by atoms with E-state index in [1.54, 1.807) is 0 Å². The minimum Gasteiger partial charge on any atom is -0.458 e. The zero-order chi connectivity index (χ0) is 15.5. The van der Waals surface area contributed by atoms with Crippen molar-refractivity contribution in [2.75, 3.05) is 0 Å². The van der Waals surface area contributed by atoms with E-state index in [1.165, 1.54) is 0 Å². The standard InChI is InChI=1S/C18H24O3/c1-13-9-10-15(18(2,3)20)12-16(13)21-17(19)11-14-7-5-4-6-8-14/h4-9,15-16,20H,10-12H2,1-3H3/t15-,16+/m1/s1. The van der Waals surface area contributed by atoms with Crippen LogP contribution in [0.4, 0.5) is 0 Å². The van der Waals surface area contributed by atoms with E-state index in [4.69, 9.17) is 4.74 Å². The Balaban J connectivity index is 1.96. The van der Waals surface area contributed by atoms with Crippen LogP contribution in [0.3, 0.4) is 0 Å². The molecule has 0 fully saturated rings. The molecule has 3 nitrogen and oxygen atoms in total. The van der Waals surface area contributed by atoms with E-state index in [0.717, 1.165) is 17.6 Å². The maximum atomic E-state index is 12.1. The number of carbonyl (C=O) groups excluding carboxylic acids is 1. The van der Waals surface area contributed by atoms with Crippen LogP contribution in [0, 0.1) is 5.92 Å². The minimum absolute atomic E-state index is 0.121. The van der Waals surface area contributed by atoms with E-state index < -0.39 is 5.60 Å². The molecular weight excluding hydrogens is 264 g/mol. The SMILES string of the molecule is CC1=CC[C@@H](C(C)(C)O)C[C@@H]1OC(=O)Cc1ccccc1. The van der Waals surface area contributed by atoms with Crippen molar-refractivity contribution in [2.24, 2.45) is 5.92 Å². The highest BCUT2D eigenvalue weighted by molar-refractivity contribution is 5.73. The number of allylic oxidation sites excluding steroid dienone is 1. The summed E-state index contributed by atoms with van der Waals surface area (Å²) in [6, 6.07) is 9.60. The van der Waals surface area contributed by atoms with Crippen LogP contribution in [0.2, 0.25) is 0 Å². The van der Waals surface area contributed by atoms with Crippen LogP contribution in [-0.2, 0) is 16.0 Å². The van der Waals surface area contributed by atoms with Gasteiger partial charge in [0.15, 0.2) is 0 Å². The number of benzene rings is 1. The molecule has 0 aromatic heterocycles. The first-order valence-corrected chi connectivity index (χ1v) is 7.48. The average molecular weight is 288 g/mol. The molecule has 0 unspecified atom stereocenters. The molecule has 114 valence electrons. The van der Waals surface area contributed by atoms with E-state index in [9.17, 15) is 9.90 Å². The Morgan fingerprint density at radius 2 is 2.00 bits per heavy atom. The van der Waals surface area contributed by atoms with Crippen LogP contribution >= 0.6 is 0 Å². The van der Waals surface area contributed by atoms with Crippen molar-refractivity contribution in [3.05, 3.63) is 47.5 Å². The minimum atomic E-state index is -0.749. The smallest absolute Gasteiger partial charge is 0.310 e. The molecule has 0 heterocycles. The van der Waals surface area contributed by atoms with Gasteiger partial charge in [0.05, 0.1) is 12.0 Å². The summed E-state index contributed by atoms with van der Waals surface area (Å²) in [5.41, 5.74) is 1.29. The van der Waals surface area contributed by atoms with Crippen molar-refractivity contribution in [1.29, 1.82) is 0 Å². The van der Waals surface area contributed by atoms with Crippen molar-refractivity contribution in [1.82, 2.24) is 0 Å². The molecule has 1 aliphatic rings. The Morgan fingerprint density at radius 3 is 2.62 bits per heavy atom. The van der Waals surface area contributed by atoms with Crippen LogP contribution in [0.15, 0.2) is 42.0 Å². The van der Waals surface area contributed by atoms with Crippen LogP contribution in [0.25, 0.3) is 0 Å². The second kappa shape index (κ2) is 6.44. The summed E-state index contributed by atoms with van der Waals surface area (Å²) >= 11 is 0. The first-order valence-electron chi connectivity index (χ1n) is 7.48. The molecule has 0 spiro atoms. The first kappa shape index (κ1) is 15.8. The molecule has 0 radical (unpaired) electrons. The fourth-order valence-corrected chi connectivity index (χ4v) is 2.68. The van der Waals surface area contributed by atoms with Gasteiger partial charge in [0.25, 0.3) is 0 Å². The molecule has 1 aromatic rings. The van der Waals surface area contributed by atoms with Gasteiger partial charge in [-0.2, -0.15) is 0 Å². The summed E-state index contributed by atoms with van der Waals surface area (Å²) < 4.78 is 5.61. The van der Waals surface area contributed by atoms with Crippen molar-refractivity contribution < 1.29 is 14.6 Å². The Kier molecular flexibility index (Phi) is 4.84. The van der Waals surface area contributed by atoms with Gasteiger partial charge >= 0.3 is 5.97 Å². The molecule has 0 bridgehead atoms. The van der Waals surface area contributed by atoms with Gasteiger partial charge in [-0.3, -0.25) is 4.79 Å². The average Bonchev–Trinajstić information content (AvgIpc) is 2.41. The lowest BCUT2D eigenvalue weighted by molar-refractivity contribution is -0.148. The van der Waals surface area contributed by atoms with Crippen LogP contribution in [0.1, 0.15) is 39.2 Å². The number of hydrogen-bond acceptors (Lipinski definition) is 3. The highest BCUT2D eigenvalue weighted by Gasteiger charge is 2.33. The summed E-state index contributed by atoms with van der Waals surface area (Å²) in [5, 5.41) is 10.1. The topological polar surface area (TPSA) is 46.5 Å². The molecule has 0 saturated carbocycles. The van der Waals surface area contributed by atoms with Gasteiger partial charge in [-0.25, -0.2) is 0 Å². The number of carbonyl (C=O) groups is 1. The number of ether oxygens (including phenoxy) is 1. The Labute approximate surface area is 126 Å².